The molecular formula is C23H19N5O2. The number of rotatable bonds is 5. The van der Waals surface area contributed by atoms with Gasteiger partial charge in [-0.1, -0.05) is 30.3 Å². The Balaban J connectivity index is 1.43. The van der Waals surface area contributed by atoms with E-state index in [1.165, 1.54) is 0 Å². The highest BCUT2D eigenvalue weighted by atomic mass is 16.2. The monoisotopic (exact) mass is 397 g/mol. The van der Waals surface area contributed by atoms with Crippen LogP contribution in [0.3, 0.4) is 0 Å². The molecule has 2 N–H and O–H groups in total. The normalized spacial score (nSPS) is 13.2. The first-order valence-electron chi connectivity index (χ1n) is 9.68. The van der Waals surface area contributed by atoms with E-state index in [4.69, 9.17) is 0 Å². The van der Waals surface area contributed by atoms with Gasteiger partial charge in [0, 0.05) is 48.3 Å². The van der Waals surface area contributed by atoms with Crippen LogP contribution in [0.25, 0.3) is 21.9 Å². The number of amides is 1. The Bertz CT molecular complexity index is 1370. The quantitative estimate of drug-likeness (QED) is 0.494. The van der Waals surface area contributed by atoms with Gasteiger partial charge in [-0.15, -0.1) is 0 Å². The molecule has 0 unspecified atom stereocenters. The highest BCUT2D eigenvalue weighted by molar-refractivity contribution is 6.15. The molecule has 2 aromatic heterocycles. The maximum absolute atomic E-state index is 12.8. The summed E-state index contributed by atoms with van der Waals surface area (Å²) in [6.45, 7) is 0. The second-order valence-corrected chi connectivity index (χ2v) is 7.27. The molecule has 0 radical (unpaired) electrons. The highest BCUT2D eigenvalue weighted by Crippen LogP contribution is 2.23. The predicted octanol–water partition coefficient (Wildman–Crippen LogP) is 4.24. The molecule has 7 heteroatoms. The summed E-state index contributed by atoms with van der Waals surface area (Å²) in [5, 5.41) is 3.81. The number of aryl methyl sites for hydroxylation is 1. The van der Waals surface area contributed by atoms with Gasteiger partial charge in [-0.05, 0) is 24.3 Å². The Morgan fingerprint density at radius 2 is 2.03 bits per heavy atom. The van der Waals surface area contributed by atoms with Crippen molar-refractivity contribution in [3.8, 4) is 0 Å². The molecule has 4 aromatic rings. The standard InChI is InChI=1S/C23H19N5O2/c1-28-18-10-3-2-6-14(18)12-19(28)22(30)27-23-25-17-9-4-8-16(21(17)26-23)20(29)13-15-7-5-11-24-15/h2-6,8-12H,7,13H2,1H3,(H2,25,26,27,30). The largest absolute Gasteiger partial charge is 0.340 e. The Morgan fingerprint density at radius 1 is 1.17 bits per heavy atom. The van der Waals surface area contributed by atoms with Crippen molar-refractivity contribution in [1.29, 1.82) is 0 Å². The summed E-state index contributed by atoms with van der Waals surface area (Å²) >= 11 is 0. The average molecular weight is 397 g/mol. The van der Waals surface area contributed by atoms with Crippen LogP contribution in [0.5, 0.6) is 0 Å². The zero-order chi connectivity index (χ0) is 20.7. The molecule has 0 saturated heterocycles. The lowest BCUT2D eigenvalue weighted by Gasteiger charge is -2.04. The number of imidazole rings is 1. The molecule has 0 fully saturated rings. The number of aromatic amines is 1. The first kappa shape index (κ1) is 18.1. The van der Waals surface area contributed by atoms with Crippen molar-refractivity contribution in [2.45, 2.75) is 12.8 Å². The van der Waals surface area contributed by atoms with Gasteiger partial charge in [0.25, 0.3) is 5.91 Å². The van der Waals surface area contributed by atoms with Crippen LogP contribution in [-0.4, -0.2) is 31.9 Å². The number of nitrogens with one attached hydrogen (secondary N) is 2. The van der Waals surface area contributed by atoms with Crippen molar-refractivity contribution < 1.29 is 9.59 Å². The SMILES string of the molecule is Cn1c(C(=O)Nc2nc3c(C(=O)CC4=NC=CC4)cccc3[nH]2)cc2ccccc21. The lowest BCUT2D eigenvalue weighted by molar-refractivity contribution is 0.0998. The van der Waals surface area contributed by atoms with E-state index >= 15 is 0 Å². The first-order valence-corrected chi connectivity index (χ1v) is 9.68. The average Bonchev–Trinajstić information content (AvgIpc) is 3.47. The van der Waals surface area contributed by atoms with Crippen LogP contribution < -0.4 is 5.32 Å². The molecular weight excluding hydrogens is 378 g/mol. The van der Waals surface area contributed by atoms with Gasteiger partial charge in [-0.3, -0.25) is 19.9 Å². The molecule has 1 aliphatic rings. The Morgan fingerprint density at radius 3 is 2.83 bits per heavy atom. The summed E-state index contributed by atoms with van der Waals surface area (Å²) in [6.07, 6.45) is 4.61. The minimum absolute atomic E-state index is 0.0406. The minimum atomic E-state index is -0.271. The Hall–Kier alpha value is -4.00. The molecule has 1 amide bonds. The van der Waals surface area contributed by atoms with E-state index in [1.54, 1.807) is 18.3 Å². The molecule has 2 aromatic carbocycles. The Kier molecular flexibility index (Phi) is 4.28. The Labute approximate surface area is 172 Å². The first-order chi connectivity index (χ1) is 14.6. The molecule has 148 valence electrons. The number of aromatic nitrogens is 3. The summed E-state index contributed by atoms with van der Waals surface area (Å²) in [4.78, 5) is 37.4. The van der Waals surface area contributed by atoms with E-state index in [0.29, 0.717) is 34.7 Å². The number of hydrogen-bond acceptors (Lipinski definition) is 4. The molecule has 1 aliphatic heterocycles. The molecule has 0 aliphatic carbocycles. The number of fused-ring (bicyclic) bond motifs is 2. The highest BCUT2D eigenvalue weighted by Gasteiger charge is 2.18. The number of Topliss-reactive ketones (excluding diaryl/α,β-unsaturated/α-hetero) is 1. The van der Waals surface area contributed by atoms with Crippen molar-refractivity contribution in [3.63, 3.8) is 0 Å². The molecule has 30 heavy (non-hydrogen) atoms. The fourth-order valence-corrected chi connectivity index (χ4v) is 3.79. The maximum atomic E-state index is 12.8. The zero-order valence-corrected chi connectivity index (χ0v) is 16.3. The third-order valence-electron chi connectivity index (χ3n) is 5.31. The topological polar surface area (TPSA) is 92.1 Å². The molecule has 7 nitrogen and oxygen atoms in total. The van der Waals surface area contributed by atoms with Crippen molar-refractivity contribution in [2.75, 3.05) is 5.32 Å². The molecule has 3 heterocycles. The van der Waals surface area contributed by atoms with Gasteiger partial charge in [0.1, 0.15) is 11.2 Å². The van der Waals surface area contributed by atoms with Crippen LogP contribution in [0.15, 0.2) is 65.8 Å². The van der Waals surface area contributed by atoms with Gasteiger partial charge in [-0.2, -0.15) is 0 Å². The van der Waals surface area contributed by atoms with Crippen LogP contribution >= 0.6 is 0 Å². The summed E-state index contributed by atoms with van der Waals surface area (Å²) in [6, 6.07) is 15.1. The van der Waals surface area contributed by atoms with E-state index < -0.39 is 0 Å². The molecule has 0 bridgehead atoms. The van der Waals surface area contributed by atoms with Gasteiger partial charge in [-0.25, -0.2) is 4.98 Å². The fourth-order valence-electron chi connectivity index (χ4n) is 3.79. The number of carbonyl (C=O) groups is 2. The minimum Gasteiger partial charge on any atom is -0.340 e. The molecule has 0 atom stereocenters. The van der Waals surface area contributed by atoms with Gasteiger partial charge < -0.3 is 9.55 Å². The summed E-state index contributed by atoms with van der Waals surface area (Å²) in [5.41, 5.74) is 4.10. The lowest BCUT2D eigenvalue weighted by Crippen LogP contribution is -2.16. The van der Waals surface area contributed by atoms with Crippen LogP contribution in [0.2, 0.25) is 0 Å². The second kappa shape index (κ2) is 7.11. The number of allylic oxidation sites excluding steroid dienone is 1. The zero-order valence-electron chi connectivity index (χ0n) is 16.3. The number of carbonyl (C=O) groups excluding carboxylic acids is 2. The van der Waals surface area contributed by atoms with Crippen molar-refractivity contribution in [3.05, 3.63) is 72.1 Å². The number of benzene rings is 2. The molecule has 5 rings (SSSR count). The molecule has 0 saturated carbocycles. The fraction of sp³-hybridized carbons (Fsp3) is 0.130. The summed E-state index contributed by atoms with van der Waals surface area (Å²) in [5.74, 6) is -0.00601. The number of ketones is 1. The number of para-hydroxylation sites is 2. The number of hydrogen-bond donors (Lipinski definition) is 2. The van der Waals surface area contributed by atoms with E-state index in [2.05, 4.69) is 20.3 Å². The maximum Gasteiger partial charge on any atom is 0.274 e. The van der Waals surface area contributed by atoms with Crippen LogP contribution in [0, 0.1) is 0 Å². The van der Waals surface area contributed by atoms with Crippen LogP contribution in [0.1, 0.15) is 33.7 Å². The van der Waals surface area contributed by atoms with E-state index in [-0.39, 0.29) is 18.1 Å². The van der Waals surface area contributed by atoms with Gasteiger partial charge in [0.2, 0.25) is 5.95 Å². The van der Waals surface area contributed by atoms with Crippen molar-refractivity contribution >= 4 is 45.3 Å². The third-order valence-corrected chi connectivity index (χ3v) is 5.31. The number of aliphatic imine (C=N–C) groups is 1. The van der Waals surface area contributed by atoms with E-state index in [1.807, 2.05) is 54.1 Å². The number of nitrogens with zero attached hydrogens (tertiary/aromatic N) is 3. The summed E-state index contributed by atoms with van der Waals surface area (Å²) in [7, 11) is 1.85. The van der Waals surface area contributed by atoms with E-state index in [9.17, 15) is 9.59 Å². The summed E-state index contributed by atoms with van der Waals surface area (Å²) < 4.78 is 1.85. The lowest BCUT2D eigenvalue weighted by atomic mass is 10.0. The predicted molar refractivity (Wildman–Crippen MR) is 117 cm³/mol. The number of anilines is 1. The smallest absolute Gasteiger partial charge is 0.274 e. The van der Waals surface area contributed by atoms with Gasteiger partial charge in [0.05, 0.1) is 5.52 Å². The van der Waals surface area contributed by atoms with Gasteiger partial charge in [0.15, 0.2) is 5.78 Å². The van der Waals surface area contributed by atoms with E-state index in [0.717, 1.165) is 16.6 Å². The second-order valence-electron chi connectivity index (χ2n) is 7.27. The van der Waals surface area contributed by atoms with Gasteiger partial charge >= 0.3 is 0 Å². The van der Waals surface area contributed by atoms with Crippen LogP contribution in [0.4, 0.5) is 5.95 Å². The molecule has 0 spiro atoms. The van der Waals surface area contributed by atoms with Crippen molar-refractivity contribution in [1.82, 2.24) is 14.5 Å². The van der Waals surface area contributed by atoms with Crippen LogP contribution in [-0.2, 0) is 7.05 Å². The third kappa shape index (κ3) is 3.10. The number of H-pyrrole nitrogens is 1. The van der Waals surface area contributed by atoms with Crippen molar-refractivity contribution in [2.24, 2.45) is 12.0 Å².